The first-order chi connectivity index (χ1) is 21.3. The summed E-state index contributed by atoms with van der Waals surface area (Å²) in [5.74, 6) is 2.81. The van der Waals surface area contributed by atoms with E-state index in [0.717, 1.165) is 70.0 Å². The van der Waals surface area contributed by atoms with Crippen molar-refractivity contribution in [3.8, 4) is 45.3 Å². The monoisotopic (exact) mass is 574 g/mol. The molecule has 4 nitrogen and oxygen atoms in total. The number of aromatic nitrogens is 4. The van der Waals surface area contributed by atoms with Gasteiger partial charge in [-0.3, -0.25) is 9.97 Å². The van der Waals surface area contributed by atoms with Crippen LogP contribution in [0.5, 0.6) is 0 Å². The van der Waals surface area contributed by atoms with Crippen molar-refractivity contribution in [3.05, 3.63) is 107 Å². The van der Waals surface area contributed by atoms with Gasteiger partial charge in [-0.15, -0.1) is 0 Å². The van der Waals surface area contributed by atoms with Gasteiger partial charge in [-0.2, -0.15) is 0 Å². The topological polar surface area (TPSA) is 51.6 Å². The summed E-state index contributed by atoms with van der Waals surface area (Å²) in [5.41, 5.74) is 14.2. The molecule has 6 aliphatic carbocycles. The van der Waals surface area contributed by atoms with Crippen molar-refractivity contribution < 1.29 is 0 Å². The van der Waals surface area contributed by atoms with E-state index >= 15 is 0 Å². The molecule has 1 aromatic carbocycles. The maximum atomic E-state index is 5.11. The Morgan fingerprint density at radius 3 is 1.25 bits per heavy atom. The molecule has 2 saturated carbocycles. The van der Waals surface area contributed by atoms with E-state index in [2.05, 4.69) is 113 Å². The fourth-order valence-electron chi connectivity index (χ4n) is 8.81. The average molecular weight is 575 g/mol. The summed E-state index contributed by atoms with van der Waals surface area (Å²) in [7, 11) is 0. The third kappa shape index (κ3) is 3.82. The van der Waals surface area contributed by atoms with E-state index in [1.165, 1.54) is 35.4 Å². The minimum Gasteiger partial charge on any atom is -0.251 e. The summed E-state index contributed by atoms with van der Waals surface area (Å²) in [6, 6.07) is 30.1. The Morgan fingerprint density at radius 1 is 0.455 bits per heavy atom. The summed E-state index contributed by atoms with van der Waals surface area (Å²) in [4.78, 5) is 20.3. The van der Waals surface area contributed by atoms with Crippen LogP contribution in [0.2, 0.25) is 0 Å². The molecule has 0 aliphatic heterocycles. The van der Waals surface area contributed by atoms with E-state index < -0.39 is 0 Å². The zero-order valence-electron chi connectivity index (χ0n) is 26.0. The molecule has 4 bridgehead atoms. The largest absolute Gasteiger partial charge is 0.251 e. The summed E-state index contributed by atoms with van der Waals surface area (Å²) in [6.45, 7) is 9.67. The van der Waals surface area contributed by atoms with Gasteiger partial charge in [-0.05, 0) is 108 Å². The van der Waals surface area contributed by atoms with Gasteiger partial charge in [-0.25, -0.2) is 9.97 Å². The number of hydrogen-bond acceptors (Lipinski definition) is 4. The van der Waals surface area contributed by atoms with Crippen molar-refractivity contribution in [1.82, 2.24) is 19.9 Å². The predicted molar refractivity (Wildman–Crippen MR) is 176 cm³/mol. The maximum absolute atomic E-state index is 5.11. The molecule has 0 saturated heterocycles. The van der Waals surface area contributed by atoms with Gasteiger partial charge in [-0.1, -0.05) is 76.2 Å². The molecule has 5 aromatic rings. The molecule has 4 heterocycles. The Kier molecular flexibility index (Phi) is 5.47. The smallest absolute Gasteiger partial charge is 0.0893 e. The predicted octanol–water partition coefficient (Wildman–Crippen LogP) is 9.31. The van der Waals surface area contributed by atoms with Gasteiger partial charge in [0.25, 0.3) is 0 Å². The maximum Gasteiger partial charge on any atom is 0.0893 e. The van der Waals surface area contributed by atoms with Gasteiger partial charge in [0, 0.05) is 22.5 Å². The average Bonchev–Trinajstić information content (AvgIpc) is 3.07. The summed E-state index contributed by atoms with van der Waals surface area (Å²) < 4.78 is 0. The van der Waals surface area contributed by atoms with Crippen LogP contribution in [0.3, 0.4) is 0 Å². The first kappa shape index (κ1) is 26.2. The van der Waals surface area contributed by atoms with Crippen LogP contribution >= 0.6 is 0 Å². The van der Waals surface area contributed by atoms with E-state index in [1.54, 1.807) is 0 Å². The fraction of sp³-hybridized carbons (Fsp3) is 0.350. The number of rotatable bonds is 4. The zero-order chi connectivity index (χ0) is 29.8. The van der Waals surface area contributed by atoms with Crippen LogP contribution in [0.4, 0.5) is 0 Å². The van der Waals surface area contributed by atoms with Crippen LogP contribution in [0, 0.1) is 22.7 Å². The second-order valence-electron chi connectivity index (χ2n) is 14.9. The second kappa shape index (κ2) is 9.17. The van der Waals surface area contributed by atoms with Crippen LogP contribution in [0.15, 0.2) is 84.9 Å². The SMILES string of the molecule is CC1(C)[C@H]2Cc3nc(-c4cccc(-c5ccc(-c6cccc(-c7ccc8c(n7)C[C@H]7C[C@@H]8C7(C)C)n6)cc5)n4)ccc3[C@@H]1C2. The number of nitrogens with zero attached hydrogens (tertiary/aromatic N) is 4. The summed E-state index contributed by atoms with van der Waals surface area (Å²) in [5, 5.41) is 0. The zero-order valence-corrected chi connectivity index (χ0v) is 26.0. The number of pyridine rings is 4. The van der Waals surface area contributed by atoms with Crippen LogP contribution in [0.1, 0.15) is 74.9 Å². The third-order valence-corrected chi connectivity index (χ3v) is 12.1. The molecular formula is C40H38N4. The van der Waals surface area contributed by atoms with E-state index in [0.29, 0.717) is 22.7 Å². The van der Waals surface area contributed by atoms with Gasteiger partial charge in [0.2, 0.25) is 0 Å². The summed E-state index contributed by atoms with van der Waals surface area (Å²) in [6.07, 6.45) is 4.81. The molecule has 2 fully saturated rings. The van der Waals surface area contributed by atoms with Crippen molar-refractivity contribution >= 4 is 0 Å². The highest BCUT2D eigenvalue weighted by molar-refractivity contribution is 5.70. The molecule has 44 heavy (non-hydrogen) atoms. The lowest BCUT2D eigenvalue weighted by Gasteiger charge is -2.56. The van der Waals surface area contributed by atoms with Gasteiger partial charge >= 0.3 is 0 Å². The Balaban J connectivity index is 0.965. The van der Waals surface area contributed by atoms with Crippen molar-refractivity contribution in [3.63, 3.8) is 0 Å². The van der Waals surface area contributed by atoms with Crippen LogP contribution in [0.25, 0.3) is 45.3 Å². The lowest BCUT2D eigenvalue weighted by Crippen LogP contribution is -2.48. The molecular weight excluding hydrogens is 536 g/mol. The first-order valence-electron chi connectivity index (χ1n) is 16.3. The van der Waals surface area contributed by atoms with Gasteiger partial charge in [0.15, 0.2) is 0 Å². The van der Waals surface area contributed by atoms with Crippen molar-refractivity contribution in [2.24, 2.45) is 22.7 Å². The molecule has 0 radical (unpaired) electrons. The Bertz CT molecular complexity index is 1810. The highest BCUT2D eigenvalue weighted by Gasteiger charge is 2.53. The molecule has 0 spiro atoms. The van der Waals surface area contributed by atoms with E-state index in [4.69, 9.17) is 19.9 Å². The molecule has 6 aliphatic rings. The number of benzene rings is 1. The van der Waals surface area contributed by atoms with Crippen LogP contribution < -0.4 is 0 Å². The molecule has 0 unspecified atom stereocenters. The van der Waals surface area contributed by atoms with Crippen molar-refractivity contribution in [1.29, 1.82) is 0 Å². The van der Waals surface area contributed by atoms with Gasteiger partial charge in [0.1, 0.15) is 0 Å². The lowest BCUT2D eigenvalue weighted by molar-refractivity contribution is 0.0170. The van der Waals surface area contributed by atoms with Gasteiger partial charge in [0.05, 0.1) is 34.2 Å². The Hall–Kier alpha value is -4.18. The molecule has 4 atom stereocenters. The molecule has 11 rings (SSSR count). The normalized spacial score (nSPS) is 24.8. The minimum absolute atomic E-state index is 0.410. The fourth-order valence-corrected chi connectivity index (χ4v) is 8.81. The highest BCUT2D eigenvalue weighted by Crippen LogP contribution is 2.62. The first-order valence-corrected chi connectivity index (χ1v) is 16.3. The van der Waals surface area contributed by atoms with Crippen molar-refractivity contribution in [2.75, 3.05) is 0 Å². The Morgan fingerprint density at radius 2 is 0.841 bits per heavy atom. The summed E-state index contributed by atoms with van der Waals surface area (Å²) >= 11 is 0. The molecule has 4 aromatic heterocycles. The quantitative estimate of drug-likeness (QED) is 0.215. The lowest BCUT2D eigenvalue weighted by atomic mass is 9.48. The van der Waals surface area contributed by atoms with Gasteiger partial charge < -0.3 is 0 Å². The number of hydrogen-bond donors (Lipinski definition) is 0. The molecule has 0 N–H and O–H groups in total. The standard InChI is InChI=1S/C40H38N4/c1-39(2)25-19-29(39)27-15-17-35(43-37(27)21-25)33-9-5-7-31(41-33)23-11-13-24(14-12-23)32-8-6-10-34(42-32)36-18-16-28-30-20-26(40(30,3)4)22-38(28)44-36/h5-18,25-26,29-30H,19-22H2,1-4H3/t25-,26-,29+,30+/m1/s1. The molecule has 0 amide bonds. The second-order valence-corrected chi connectivity index (χ2v) is 14.9. The Labute approximate surface area is 260 Å². The van der Waals surface area contributed by atoms with Crippen LogP contribution in [-0.4, -0.2) is 19.9 Å². The van der Waals surface area contributed by atoms with E-state index in [-0.39, 0.29) is 0 Å². The minimum atomic E-state index is 0.410. The third-order valence-electron chi connectivity index (χ3n) is 12.1. The highest BCUT2D eigenvalue weighted by atomic mass is 14.8. The van der Waals surface area contributed by atoms with Crippen molar-refractivity contribution in [2.45, 2.75) is 65.2 Å². The molecule has 218 valence electrons. The van der Waals surface area contributed by atoms with E-state index in [9.17, 15) is 0 Å². The molecule has 4 heteroatoms. The van der Waals surface area contributed by atoms with E-state index in [1.807, 2.05) is 0 Å². The van der Waals surface area contributed by atoms with Crippen LogP contribution in [-0.2, 0) is 12.8 Å².